The third-order valence-corrected chi connectivity index (χ3v) is 2.46. The van der Waals surface area contributed by atoms with Crippen LogP contribution in [0.5, 0.6) is 0 Å². The van der Waals surface area contributed by atoms with Crippen molar-refractivity contribution in [3.05, 3.63) is 0 Å². The molecule has 0 aromatic carbocycles. The van der Waals surface area contributed by atoms with Crippen molar-refractivity contribution in [2.45, 2.75) is 51.7 Å². The summed E-state index contributed by atoms with van der Waals surface area (Å²) in [6, 6.07) is 0.0702. The summed E-state index contributed by atoms with van der Waals surface area (Å²) in [7, 11) is 0. The number of amides is 2. The first-order valence-corrected chi connectivity index (χ1v) is 5.84. The van der Waals surface area contributed by atoms with Crippen LogP contribution in [0.25, 0.3) is 0 Å². The maximum absolute atomic E-state index is 11.2. The molecule has 1 fully saturated rings. The number of nitrogens with one attached hydrogen (secondary N) is 2. The minimum absolute atomic E-state index is 0.111. The summed E-state index contributed by atoms with van der Waals surface area (Å²) in [6.07, 6.45) is 5.36. The lowest BCUT2D eigenvalue weighted by molar-refractivity contribution is 0.0613. The molecule has 0 saturated heterocycles. The predicted octanol–water partition coefficient (Wildman–Crippen LogP) is 1.65. The minimum Gasteiger partial charge on any atom is -0.376 e. The third-order valence-electron chi connectivity index (χ3n) is 2.46. The zero-order valence-corrected chi connectivity index (χ0v) is 9.71. The summed E-state index contributed by atoms with van der Waals surface area (Å²) in [4.78, 5) is 11.2. The fourth-order valence-electron chi connectivity index (χ4n) is 1.76. The highest BCUT2D eigenvalue weighted by Crippen LogP contribution is 2.20. The lowest BCUT2D eigenvalue weighted by atomic mass is 10.3. The molecule has 0 aliphatic heterocycles. The lowest BCUT2D eigenvalue weighted by Crippen LogP contribution is -2.41. The second kappa shape index (κ2) is 6.67. The molecular weight excluding hydrogens is 192 g/mol. The topological polar surface area (TPSA) is 50.4 Å². The van der Waals surface area contributed by atoms with Gasteiger partial charge in [-0.3, -0.25) is 0 Å². The van der Waals surface area contributed by atoms with Gasteiger partial charge in [-0.1, -0.05) is 12.8 Å². The standard InChI is InChI=1S/C11H22N2O2/c1-9(2)13-11(14)12-7-8-15-10-5-3-4-6-10/h9-10H,3-8H2,1-2H3,(H2,12,13,14). The molecule has 0 unspecified atom stereocenters. The number of hydrogen-bond acceptors (Lipinski definition) is 2. The number of ether oxygens (including phenoxy) is 1. The van der Waals surface area contributed by atoms with Gasteiger partial charge in [-0.05, 0) is 26.7 Å². The van der Waals surface area contributed by atoms with Crippen LogP contribution in [-0.4, -0.2) is 31.3 Å². The number of hydrogen-bond donors (Lipinski definition) is 2. The Morgan fingerprint density at radius 2 is 2.07 bits per heavy atom. The van der Waals surface area contributed by atoms with E-state index in [9.17, 15) is 4.79 Å². The van der Waals surface area contributed by atoms with Gasteiger partial charge in [0.15, 0.2) is 0 Å². The molecule has 4 heteroatoms. The first-order valence-electron chi connectivity index (χ1n) is 5.84. The van der Waals surface area contributed by atoms with Crippen molar-refractivity contribution in [3.8, 4) is 0 Å². The van der Waals surface area contributed by atoms with Crippen molar-refractivity contribution >= 4 is 6.03 Å². The van der Waals surface area contributed by atoms with Crippen LogP contribution in [0.2, 0.25) is 0 Å². The molecular formula is C11H22N2O2. The molecule has 0 aromatic heterocycles. The molecule has 0 aromatic rings. The average molecular weight is 214 g/mol. The van der Waals surface area contributed by atoms with Crippen LogP contribution in [0.15, 0.2) is 0 Å². The van der Waals surface area contributed by atoms with Gasteiger partial charge >= 0.3 is 6.03 Å². The summed E-state index contributed by atoms with van der Waals surface area (Å²) < 4.78 is 5.62. The van der Waals surface area contributed by atoms with E-state index in [0.29, 0.717) is 19.3 Å². The zero-order valence-electron chi connectivity index (χ0n) is 9.71. The Morgan fingerprint density at radius 3 is 2.67 bits per heavy atom. The van der Waals surface area contributed by atoms with Gasteiger partial charge in [-0.2, -0.15) is 0 Å². The summed E-state index contributed by atoms with van der Waals surface area (Å²) in [5.74, 6) is 0. The van der Waals surface area contributed by atoms with Gasteiger partial charge in [0.05, 0.1) is 12.7 Å². The molecule has 0 bridgehead atoms. The average Bonchev–Trinajstić information content (AvgIpc) is 2.63. The Balaban J connectivity index is 1.94. The highest BCUT2D eigenvalue weighted by molar-refractivity contribution is 5.73. The Morgan fingerprint density at radius 1 is 1.40 bits per heavy atom. The van der Waals surface area contributed by atoms with Gasteiger partial charge in [-0.25, -0.2) is 4.79 Å². The van der Waals surface area contributed by atoms with Crippen LogP contribution in [0, 0.1) is 0 Å². The predicted molar refractivity (Wildman–Crippen MR) is 59.9 cm³/mol. The molecule has 0 atom stereocenters. The van der Waals surface area contributed by atoms with Crippen LogP contribution >= 0.6 is 0 Å². The number of urea groups is 1. The van der Waals surface area contributed by atoms with Crippen LogP contribution in [0.1, 0.15) is 39.5 Å². The Bertz CT molecular complexity index is 189. The van der Waals surface area contributed by atoms with Gasteiger partial charge in [0, 0.05) is 12.6 Å². The van der Waals surface area contributed by atoms with Crippen LogP contribution in [0.4, 0.5) is 4.79 Å². The van der Waals surface area contributed by atoms with Crippen molar-refractivity contribution < 1.29 is 9.53 Å². The molecule has 4 nitrogen and oxygen atoms in total. The quantitative estimate of drug-likeness (QED) is 0.684. The van der Waals surface area contributed by atoms with Crippen LogP contribution < -0.4 is 10.6 Å². The van der Waals surface area contributed by atoms with E-state index in [-0.39, 0.29) is 12.1 Å². The van der Waals surface area contributed by atoms with Gasteiger partial charge in [-0.15, -0.1) is 0 Å². The highest BCUT2D eigenvalue weighted by Gasteiger charge is 2.14. The lowest BCUT2D eigenvalue weighted by Gasteiger charge is -2.13. The third kappa shape index (κ3) is 5.62. The van der Waals surface area contributed by atoms with Gasteiger partial charge < -0.3 is 15.4 Å². The molecule has 0 radical (unpaired) electrons. The second-order valence-electron chi connectivity index (χ2n) is 4.33. The fraction of sp³-hybridized carbons (Fsp3) is 0.909. The van der Waals surface area contributed by atoms with E-state index < -0.39 is 0 Å². The molecule has 0 heterocycles. The van der Waals surface area contributed by atoms with E-state index >= 15 is 0 Å². The van der Waals surface area contributed by atoms with Crippen molar-refractivity contribution in [2.24, 2.45) is 0 Å². The molecule has 1 aliphatic rings. The Labute approximate surface area is 91.8 Å². The fourth-order valence-corrected chi connectivity index (χ4v) is 1.76. The molecule has 2 amide bonds. The Kier molecular flexibility index (Phi) is 5.47. The van der Waals surface area contributed by atoms with E-state index in [1.807, 2.05) is 13.8 Å². The van der Waals surface area contributed by atoms with E-state index in [1.165, 1.54) is 25.7 Å². The maximum atomic E-state index is 11.2. The highest BCUT2D eigenvalue weighted by atomic mass is 16.5. The Hall–Kier alpha value is -0.770. The summed E-state index contributed by atoms with van der Waals surface area (Å²) in [5, 5.41) is 5.53. The van der Waals surface area contributed by atoms with Crippen LogP contribution in [-0.2, 0) is 4.74 Å². The van der Waals surface area contributed by atoms with E-state index in [1.54, 1.807) is 0 Å². The van der Waals surface area contributed by atoms with Crippen molar-refractivity contribution in [2.75, 3.05) is 13.2 Å². The zero-order chi connectivity index (χ0) is 11.1. The van der Waals surface area contributed by atoms with Gasteiger partial charge in [0.2, 0.25) is 0 Å². The monoisotopic (exact) mass is 214 g/mol. The summed E-state index contributed by atoms with van der Waals surface area (Å²) in [6.45, 7) is 5.09. The van der Waals surface area contributed by atoms with Gasteiger partial charge in [0.25, 0.3) is 0 Å². The number of rotatable bonds is 5. The molecule has 88 valence electrons. The minimum atomic E-state index is -0.111. The summed E-state index contributed by atoms with van der Waals surface area (Å²) >= 11 is 0. The molecule has 1 saturated carbocycles. The van der Waals surface area contributed by atoms with E-state index in [2.05, 4.69) is 10.6 Å². The first-order chi connectivity index (χ1) is 7.18. The normalized spacial score (nSPS) is 17.0. The first kappa shape index (κ1) is 12.3. The smallest absolute Gasteiger partial charge is 0.315 e. The number of carbonyl (C=O) groups is 1. The van der Waals surface area contributed by atoms with E-state index in [0.717, 1.165) is 0 Å². The second-order valence-corrected chi connectivity index (χ2v) is 4.33. The van der Waals surface area contributed by atoms with Crippen molar-refractivity contribution in [3.63, 3.8) is 0 Å². The molecule has 2 N–H and O–H groups in total. The van der Waals surface area contributed by atoms with Gasteiger partial charge in [0.1, 0.15) is 0 Å². The molecule has 0 spiro atoms. The summed E-state index contributed by atoms with van der Waals surface area (Å²) in [5.41, 5.74) is 0. The molecule has 1 aliphatic carbocycles. The molecule has 15 heavy (non-hydrogen) atoms. The largest absolute Gasteiger partial charge is 0.376 e. The molecule has 1 rings (SSSR count). The van der Waals surface area contributed by atoms with E-state index in [4.69, 9.17) is 4.74 Å². The maximum Gasteiger partial charge on any atom is 0.315 e. The van der Waals surface area contributed by atoms with Crippen LogP contribution in [0.3, 0.4) is 0 Å². The van der Waals surface area contributed by atoms with Crippen molar-refractivity contribution in [1.82, 2.24) is 10.6 Å². The van der Waals surface area contributed by atoms with Crippen molar-refractivity contribution in [1.29, 1.82) is 0 Å². The SMILES string of the molecule is CC(C)NC(=O)NCCOC1CCCC1. The number of carbonyl (C=O) groups excluding carboxylic acids is 1.